The number of carbonyl (C=O) groups is 2. The maximum atomic E-state index is 12.3. The van der Waals surface area contributed by atoms with Gasteiger partial charge in [0.2, 0.25) is 11.8 Å². The SMILES string of the molecule is COC(C)(C)C[C@@H](C)NC(=O)[C@@H](C)Sc1ccc(NC(C)=O)cc1. The highest BCUT2D eigenvalue weighted by molar-refractivity contribution is 8.00. The van der Waals surface area contributed by atoms with E-state index >= 15 is 0 Å². The van der Waals surface area contributed by atoms with Crippen LogP contribution in [0.25, 0.3) is 0 Å². The standard InChI is InChI=1S/C18H28N2O3S/c1-12(11-18(4,5)23-6)19-17(22)13(2)24-16-9-7-15(8-10-16)20-14(3)21/h7-10,12-13H,11H2,1-6H3,(H,19,22)(H,20,21)/t12-,13-/m1/s1. The normalized spacial score (nSPS) is 13.9. The molecule has 1 rings (SSSR count). The number of nitrogens with one attached hydrogen (secondary N) is 2. The average molecular weight is 353 g/mol. The molecule has 0 saturated heterocycles. The summed E-state index contributed by atoms with van der Waals surface area (Å²) in [6.45, 7) is 9.35. The fraction of sp³-hybridized carbons (Fsp3) is 0.556. The zero-order chi connectivity index (χ0) is 18.3. The first kappa shape index (κ1) is 20.5. The highest BCUT2D eigenvalue weighted by atomic mass is 32.2. The third kappa shape index (κ3) is 7.36. The topological polar surface area (TPSA) is 67.4 Å². The molecule has 5 nitrogen and oxygen atoms in total. The quantitative estimate of drug-likeness (QED) is 0.703. The summed E-state index contributed by atoms with van der Waals surface area (Å²) in [6, 6.07) is 7.50. The lowest BCUT2D eigenvalue weighted by Crippen LogP contribution is -2.41. The van der Waals surface area contributed by atoms with Gasteiger partial charge >= 0.3 is 0 Å². The highest BCUT2D eigenvalue weighted by Gasteiger charge is 2.23. The largest absolute Gasteiger partial charge is 0.379 e. The molecule has 0 heterocycles. The molecule has 6 heteroatoms. The molecule has 2 N–H and O–H groups in total. The van der Waals surface area contributed by atoms with Crippen molar-refractivity contribution in [2.24, 2.45) is 0 Å². The molecule has 0 saturated carbocycles. The van der Waals surface area contributed by atoms with E-state index in [1.54, 1.807) is 7.11 Å². The van der Waals surface area contributed by atoms with Gasteiger partial charge in [0.05, 0.1) is 10.9 Å². The fourth-order valence-electron chi connectivity index (χ4n) is 2.31. The predicted molar refractivity (Wildman–Crippen MR) is 99.4 cm³/mol. The van der Waals surface area contributed by atoms with Gasteiger partial charge < -0.3 is 15.4 Å². The summed E-state index contributed by atoms with van der Waals surface area (Å²) >= 11 is 1.49. The zero-order valence-electron chi connectivity index (χ0n) is 15.3. The molecule has 2 amide bonds. The van der Waals surface area contributed by atoms with Crippen LogP contribution >= 0.6 is 11.8 Å². The predicted octanol–water partition coefficient (Wildman–Crippen LogP) is 3.45. The van der Waals surface area contributed by atoms with Crippen molar-refractivity contribution in [3.05, 3.63) is 24.3 Å². The van der Waals surface area contributed by atoms with E-state index in [0.717, 1.165) is 17.0 Å². The van der Waals surface area contributed by atoms with Crippen molar-refractivity contribution in [1.82, 2.24) is 5.32 Å². The second-order valence-electron chi connectivity index (χ2n) is 6.54. The maximum Gasteiger partial charge on any atom is 0.233 e. The molecule has 0 aliphatic carbocycles. The van der Waals surface area contributed by atoms with E-state index in [4.69, 9.17) is 4.74 Å². The minimum absolute atomic E-state index is 0.00494. The summed E-state index contributed by atoms with van der Waals surface area (Å²) in [4.78, 5) is 24.3. The molecule has 0 radical (unpaired) electrons. The number of carbonyl (C=O) groups excluding carboxylic acids is 2. The van der Waals surface area contributed by atoms with E-state index in [0.29, 0.717) is 0 Å². The molecule has 0 aliphatic rings. The second kappa shape index (κ2) is 9.08. The summed E-state index contributed by atoms with van der Waals surface area (Å²) in [5.74, 6) is -0.0959. The molecule has 0 aromatic heterocycles. The Kier molecular flexibility index (Phi) is 7.76. The van der Waals surface area contributed by atoms with Crippen LogP contribution in [0.1, 0.15) is 41.0 Å². The van der Waals surface area contributed by atoms with Crippen LogP contribution in [0.4, 0.5) is 5.69 Å². The molecule has 0 aliphatic heterocycles. The van der Waals surface area contributed by atoms with Crippen LogP contribution in [0.3, 0.4) is 0 Å². The second-order valence-corrected chi connectivity index (χ2v) is 7.96. The number of anilines is 1. The van der Waals surface area contributed by atoms with Crippen molar-refractivity contribution in [2.75, 3.05) is 12.4 Å². The third-order valence-electron chi connectivity index (χ3n) is 3.60. The number of rotatable bonds is 8. The number of thioether (sulfide) groups is 1. The lowest BCUT2D eigenvalue weighted by molar-refractivity contribution is -0.121. The summed E-state index contributed by atoms with van der Waals surface area (Å²) in [5.41, 5.74) is 0.488. The van der Waals surface area contributed by atoms with Gasteiger partial charge in [-0.3, -0.25) is 9.59 Å². The number of hydrogen-bond donors (Lipinski definition) is 2. The maximum absolute atomic E-state index is 12.3. The molecule has 2 atom stereocenters. The molecule has 1 aromatic rings. The number of benzene rings is 1. The summed E-state index contributed by atoms with van der Waals surface area (Å²) in [6.07, 6.45) is 0.748. The Hall–Kier alpha value is -1.53. The third-order valence-corrected chi connectivity index (χ3v) is 4.71. The van der Waals surface area contributed by atoms with Gasteiger partial charge in [0.1, 0.15) is 0 Å². The zero-order valence-corrected chi connectivity index (χ0v) is 16.1. The Balaban J connectivity index is 2.53. The highest BCUT2D eigenvalue weighted by Crippen LogP contribution is 2.25. The summed E-state index contributed by atoms with van der Waals surface area (Å²) in [5, 5.41) is 5.55. The Labute approximate surface area is 148 Å². The minimum atomic E-state index is -0.261. The van der Waals surface area contributed by atoms with Gasteiger partial charge in [-0.2, -0.15) is 0 Å². The summed E-state index contributed by atoms with van der Waals surface area (Å²) < 4.78 is 5.40. The van der Waals surface area contributed by atoms with E-state index in [9.17, 15) is 9.59 Å². The van der Waals surface area contributed by atoms with Gasteiger partial charge in [-0.15, -0.1) is 11.8 Å². The van der Waals surface area contributed by atoms with Crippen LogP contribution in [-0.4, -0.2) is 35.8 Å². The Morgan fingerprint density at radius 3 is 2.29 bits per heavy atom. The van der Waals surface area contributed by atoms with Crippen molar-refractivity contribution < 1.29 is 14.3 Å². The molecule has 0 spiro atoms. The molecule has 0 unspecified atom stereocenters. The number of amides is 2. The number of hydrogen-bond acceptors (Lipinski definition) is 4. The van der Waals surface area contributed by atoms with Crippen LogP contribution in [-0.2, 0) is 14.3 Å². The molecular formula is C18H28N2O3S. The smallest absolute Gasteiger partial charge is 0.233 e. The van der Waals surface area contributed by atoms with Gasteiger partial charge in [0.15, 0.2) is 0 Å². The van der Waals surface area contributed by atoms with E-state index < -0.39 is 0 Å². The van der Waals surface area contributed by atoms with Crippen LogP contribution in [0.15, 0.2) is 29.2 Å². The molecule has 1 aromatic carbocycles. The fourth-order valence-corrected chi connectivity index (χ4v) is 3.19. The molecular weight excluding hydrogens is 324 g/mol. The van der Waals surface area contributed by atoms with Gasteiger partial charge in [-0.25, -0.2) is 0 Å². The lowest BCUT2D eigenvalue weighted by atomic mass is 10.00. The Morgan fingerprint density at radius 1 is 1.21 bits per heavy atom. The Bertz CT molecular complexity index is 558. The average Bonchev–Trinajstić information content (AvgIpc) is 2.48. The van der Waals surface area contributed by atoms with Crippen molar-refractivity contribution >= 4 is 29.3 Å². The lowest BCUT2D eigenvalue weighted by Gasteiger charge is -2.27. The van der Waals surface area contributed by atoms with Gasteiger partial charge in [-0.1, -0.05) is 0 Å². The van der Waals surface area contributed by atoms with Crippen molar-refractivity contribution in [1.29, 1.82) is 0 Å². The van der Waals surface area contributed by atoms with Gasteiger partial charge in [0.25, 0.3) is 0 Å². The van der Waals surface area contributed by atoms with E-state index in [1.807, 2.05) is 52.0 Å². The number of ether oxygens (including phenoxy) is 1. The van der Waals surface area contributed by atoms with Crippen LogP contribution in [0, 0.1) is 0 Å². The number of methoxy groups -OCH3 is 1. The molecule has 134 valence electrons. The van der Waals surface area contributed by atoms with Crippen LogP contribution in [0.2, 0.25) is 0 Å². The van der Waals surface area contributed by atoms with Crippen molar-refractivity contribution in [3.8, 4) is 0 Å². The first-order valence-corrected chi connectivity index (χ1v) is 8.91. The molecule has 0 fully saturated rings. The first-order valence-electron chi connectivity index (χ1n) is 8.03. The van der Waals surface area contributed by atoms with E-state index in [2.05, 4.69) is 10.6 Å². The molecule has 0 bridgehead atoms. The summed E-state index contributed by atoms with van der Waals surface area (Å²) in [7, 11) is 1.68. The molecule has 24 heavy (non-hydrogen) atoms. The Morgan fingerprint density at radius 2 is 1.79 bits per heavy atom. The van der Waals surface area contributed by atoms with E-state index in [-0.39, 0.29) is 28.7 Å². The van der Waals surface area contributed by atoms with Crippen molar-refractivity contribution in [2.45, 2.75) is 62.8 Å². The van der Waals surface area contributed by atoms with E-state index in [1.165, 1.54) is 18.7 Å². The van der Waals surface area contributed by atoms with Gasteiger partial charge in [-0.05, 0) is 58.4 Å². The minimum Gasteiger partial charge on any atom is -0.379 e. The monoisotopic (exact) mass is 352 g/mol. The first-order chi connectivity index (χ1) is 11.1. The van der Waals surface area contributed by atoms with Gasteiger partial charge in [0, 0.05) is 30.7 Å². The van der Waals surface area contributed by atoms with Crippen molar-refractivity contribution in [3.63, 3.8) is 0 Å². The van der Waals surface area contributed by atoms with Crippen LogP contribution in [0.5, 0.6) is 0 Å². The van der Waals surface area contributed by atoms with Crippen LogP contribution < -0.4 is 10.6 Å².